The van der Waals surface area contributed by atoms with Crippen molar-refractivity contribution in [2.24, 2.45) is 0 Å². The minimum absolute atomic E-state index is 0.0336. The van der Waals surface area contributed by atoms with Crippen LogP contribution in [0.2, 0.25) is 0 Å². The number of fused-ring (bicyclic) bond motifs is 1. The molecule has 0 saturated heterocycles. The van der Waals surface area contributed by atoms with Crippen molar-refractivity contribution >= 4 is 22.5 Å². The van der Waals surface area contributed by atoms with E-state index in [0.717, 1.165) is 0 Å². The Hall–Kier alpha value is -3.34. The highest BCUT2D eigenvalue weighted by Gasteiger charge is 2.21. The van der Waals surface area contributed by atoms with E-state index in [4.69, 9.17) is 0 Å². The van der Waals surface area contributed by atoms with E-state index in [1.807, 2.05) is 30.3 Å². The van der Waals surface area contributed by atoms with Crippen molar-refractivity contribution < 1.29 is 15.0 Å². The zero-order valence-electron chi connectivity index (χ0n) is 13.4. The minimum Gasteiger partial charge on any atom is -0.512 e. The van der Waals surface area contributed by atoms with Crippen LogP contribution in [0.15, 0.2) is 66.4 Å². The van der Waals surface area contributed by atoms with E-state index in [0.29, 0.717) is 40.8 Å². The molecule has 0 saturated carbocycles. The summed E-state index contributed by atoms with van der Waals surface area (Å²) in [5, 5.41) is 19.6. The second kappa shape index (κ2) is 5.94. The molecule has 2 N–H and O–H groups in total. The van der Waals surface area contributed by atoms with Crippen molar-refractivity contribution in [1.82, 2.24) is 9.55 Å². The van der Waals surface area contributed by atoms with Crippen LogP contribution in [0.4, 0.5) is 0 Å². The summed E-state index contributed by atoms with van der Waals surface area (Å²) in [6.07, 6.45) is 4.90. The maximum atomic E-state index is 13.1. The van der Waals surface area contributed by atoms with E-state index in [1.54, 1.807) is 18.2 Å². The number of aromatic hydroxyl groups is 1. The molecule has 4 rings (SSSR count). The van der Waals surface area contributed by atoms with Crippen molar-refractivity contribution in [2.45, 2.75) is 12.8 Å². The van der Waals surface area contributed by atoms with Crippen LogP contribution in [0.25, 0.3) is 16.6 Å². The van der Waals surface area contributed by atoms with Gasteiger partial charge in [-0.05, 0) is 42.8 Å². The minimum atomic E-state index is -0.279. The van der Waals surface area contributed by atoms with Gasteiger partial charge in [-0.1, -0.05) is 24.3 Å². The molecule has 0 atom stereocenters. The van der Waals surface area contributed by atoms with Gasteiger partial charge in [0.25, 0.3) is 5.91 Å². The molecule has 0 aliphatic heterocycles. The number of allylic oxidation sites excluding steroid dienone is 4. The van der Waals surface area contributed by atoms with Crippen molar-refractivity contribution in [3.63, 3.8) is 0 Å². The molecule has 1 aromatic heterocycles. The number of hydrogen-bond acceptors (Lipinski definition) is 4. The Balaban J connectivity index is 1.94. The molecule has 1 heterocycles. The predicted octanol–water partition coefficient (Wildman–Crippen LogP) is 4.05. The molecular formula is C20H16N2O3. The second-order valence-electron chi connectivity index (χ2n) is 5.95. The van der Waals surface area contributed by atoms with Crippen molar-refractivity contribution in [1.29, 1.82) is 0 Å². The lowest BCUT2D eigenvalue weighted by Gasteiger charge is -2.12. The molecule has 0 bridgehead atoms. The molecule has 0 spiro atoms. The number of benzene rings is 2. The predicted molar refractivity (Wildman–Crippen MR) is 95.5 cm³/mol. The Morgan fingerprint density at radius 1 is 1.08 bits per heavy atom. The Morgan fingerprint density at radius 2 is 1.92 bits per heavy atom. The van der Waals surface area contributed by atoms with E-state index >= 15 is 0 Å². The highest BCUT2D eigenvalue weighted by atomic mass is 16.3. The monoisotopic (exact) mass is 332 g/mol. The fourth-order valence-electron chi connectivity index (χ4n) is 3.04. The van der Waals surface area contributed by atoms with Crippen LogP contribution in [-0.2, 0) is 0 Å². The molecule has 2 aromatic carbocycles. The van der Waals surface area contributed by atoms with Crippen LogP contribution in [0.5, 0.6) is 5.75 Å². The van der Waals surface area contributed by atoms with Gasteiger partial charge in [-0.15, -0.1) is 0 Å². The number of aliphatic hydroxyl groups excluding tert-OH is 1. The number of aromatic nitrogens is 2. The largest absolute Gasteiger partial charge is 0.512 e. The van der Waals surface area contributed by atoms with Gasteiger partial charge in [0.15, 0.2) is 0 Å². The molecule has 25 heavy (non-hydrogen) atoms. The normalized spacial score (nSPS) is 14.2. The van der Waals surface area contributed by atoms with E-state index in [9.17, 15) is 15.0 Å². The Morgan fingerprint density at radius 3 is 2.72 bits per heavy atom. The number of aliphatic hydroxyl groups is 1. The molecular weight excluding hydrogens is 316 g/mol. The number of carbonyl (C=O) groups is 1. The van der Waals surface area contributed by atoms with Gasteiger partial charge in [-0.25, -0.2) is 4.98 Å². The first-order valence-corrected chi connectivity index (χ1v) is 8.05. The summed E-state index contributed by atoms with van der Waals surface area (Å²) in [6.45, 7) is 0. The van der Waals surface area contributed by atoms with Crippen molar-refractivity contribution in [3.8, 4) is 5.75 Å². The number of hydrogen-bond donors (Lipinski definition) is 2. The zero-order chi connectivity index (χ0) is 17.4. The van der Waals surface area contributed by atoms with E-state index in [-0.39, 0.29) is 17.4 Å². The van der Waals surface area contributed by atoms with Gasteiger partial charge in [-0.3, -0.25) is 9.36 Å². The molecule has 5 heteroatoms. The third-order valence-electron chi connectivity index (χ3n) is 4.20. The number of carbonyl (C=O) groups excluding carboxylic acids is 1. The molecule has 3 aromatic rings. The van der Waals surface area contributed by atoms with Crippen molar-refractivity contribution in [2.75, 3.05) is 0 Å². The van der Waals surface area contributed by atoms with Gasteiger partial charge in [-0.2, -0.15) is 0 Å². The molecule has 1 aliphatic carbocycles. The van der Waals surface area contributed by atoms with Crippen LogP contribution in [0, 0.1) is 0 Å². The lowest BCUT2D eigenvalue weighted by Crippen LogP contribution is -2.15. The third kappa shape index (κ3) is 2.70. The van der Waals surface area contributed by atoms with Crippen molar-refractivity contribution in [3.05, 3.63) is 77.8 Å². The smallest absolute Gasteiger partial charge is 0.264 e. The molecule has 124 valence electrons. The SMILES string of the molecule is O=C(c1cccc(O)c1)n1c(C2=CCCC(O)=C2)nc2ccccc21. The lowest BCUT2D eigenvalue weighted by molar-refractivity contribution is 0.0963. The number of para-hydroxylation sites is 2. The summed E-state index contributed by atoms with van der Waals surface area (Å²) in [5.74, 6) is 0.520. The maximum absolute atomic E-state index is 13.1. The maximum Gasteiger partial charge on any atom is 0.264 e. The van der Waals surface area contributed by atoms with Gasteiger partial charge in [0.1, 0.15) is 11.6 Å². The summed E-state index contributed by atoms with van der Waals surface area (Å²) >= 11 is 0. The molecule has 5 nitrogen and oxygen atoms in total. The number of phenolic OH excluding ortho intramolecular Hbond substituents is 1. The van der Waals surface area contributed by atoms with Gasteiger partial charge >= 0.3 is 0 Å². The first-order chi connectivity index (χ1) is 12.1. The topological polar surface area (TPSA) is 75.3 Å². The molecule has 0 unspecified atom stereocenters. The quantitative estimate of drug-likeness (QED) is 0.742. The first-order valence-electron chi connectivity index (χ1n) is 8.05. The molecule has 0 amide bonds. The number of phenols is 1. The fraction of sp³-hybridized carbons (Fsp3) is 0.100. The fourth-order valence-corrected chi connectivity index (χ4v) is 3.04. The van der Waals surface area contributed by atoms with Gasteiger partial charge < -0.3 is 10.2 Å². The standard InChI is InChI=1S/C20H16N2O3/c23-15-7-3-5-13(11-15)19-21-17-9-1-2-10-18(17)22(19)20(25)14-6-4-8-16(24)12-14/h1-2,4-6,8-12,23-24H,3,7H2. The average molecular weight is 332 g/mol. The van der Waals surface area contributed by atoms with Crippen LogP contribution in [-0.4, -0.2) is 25.7 Å². The summed E-state index contributed by atoms with van der Waals surface area (Å²) in [5.41, 5.74) is 2.47. The highest BCUT2D eigenvalue weighted by Crippen LogP contribution is 2.28. The van der Waals surface area contributed by atoms with E-state index in [1.165, 1.54) is 16.7 Å². The van der Waals surface area contributed by atoms with Crippen LogP contribution >= 0.6 is 0 Å². The first kappa shape index (κ1) is 15.2. The number of imidazole rings is 1. The van der Waals surface area contributed by atoms with Crippen LogP contribution in [0.3, 0.4) is 0 Å². The number of rotatable bonds is 2. The molecule has 1 aliphatic rings. The van der Waals surface area contributed by atoms with E-state index < -0.39 is 0 Å². The number of nitrogens with zero attached hydrogens (tertiary/aromatic N) is 2. The zero-order valence-corrected chi connectivity index (χ0v) is 13.4. The second-order valence-corrected chi connectivity index (χ2v) is 5.95. The lowest BCUT2D eigenvalue weighted by atomic mass is 10.0. The highest BCUT2D eigenvalue weighted by molar-refractivity contribution is 6.04. The Labute approximate surface area is 144 Å². The van der Waals surface area contributed by atoms with Crippen LogP contribution in [0.1, 0.15) is 29.0 Å². The Kier molecular flexibility index (Phi) is 3.61. The van der Waals surface area contributed by atoms with E-state index in [2.05, 4.69) is 4.98 Å². The van der Waals surface area contributed by atoms with Gasteiger partial charge in [0, 0.05) is 17.6 Å². The molecule has 0 fully saturated rings. The van der Waals surface area contributed by atoms with Gasteiger partial charge in [0.2, 0.25) is 0 Å². The molecule has 0 radical (unpaired) electrons. The Bertz CT molecular complexity index is 1040. The third-order valence-corrected chi connectivity index (χ3v) is 4.20. The summed E-state index contributed by atoms with van der Waals surface area (Å²) in [7, 11) is 0. The van der Waals surface area contributed by atoms with Gasteiger partial charge in [0.05, 0.1) is 16.8 Å². The summed E-state index contributed by atoms with van der Waals surface area (Å²) in [4.78, 5) is 17.7. The average Bonchev–Trinajstić information content (AvgIpc) is 3.00. The summed E-state index contributed by atoms with van der Waals surface area (Å²) in [6, 6.07) is 13.6. The van der Waals surface area contributed by atoms with Crippen LogP contribution < -0.4 is 0 Å². The summed E-state index contributed by atoms with van der Waals surface area (Å²) < 4.78 is 1.53.